The number of pyridine rings is 1. The molecule has 0 aliphatic rings. The Morgan fingerprint density at radius 1 is 0.912 bits per heavy atom. The molecule has 4 rings (SSSR count). The first-order valence-corrected chi connectivity index (χ1v) is 10.7. The quantitative estimate of drug-likeness (QED) is 0.275. The molecular formula is C25H20NNaO6S. The van der Waals surface area contributed by atoms with Gasteiger partial charge < -0.3 is 28.8 Å². The third kappa shape index (κ3) is 5.37. The molecule has 0 aliphatic carbocycles. The second-order valence-electron chi connectivity index (χ2n) is 6.86. The van der Waals surface area contributed by atoms with E-state index in [0.29, 0.717) is 39.2 Å². The predicted molar refractivity (Wildman–Crippen MR) is 125 cm³/mol. The van der Waals surface area contributed by atoms with Crippen molar-refractivity contribution in [3.8, 4) is 28.7 Å². The molecule has 0 fully saturated rings. The summed E-state index contributed by atoms with van der Waals surface area (Å²) in [5.41, 5.74) is 0.496. The van der Waals surface area contributed by atoms with Crippen LogP contribution in [0.25, 0.3) is 21.7 Å². The van der Waals surface area contributed by atoms with E-state index in [1.54, 1.807) is 63.8 Å². The number of carboxylic acids is 1. The van der Waals surface area contributed by atoms with Crippen LogP contribution in [0.2, 0.25) is 0 Å². The minimum atomic E-state index is -1.30. The zero-order valence-corrected chi connectivity index (χ0v) is 22.0. The van der Waals surface area contributed by atoms with Crippen molar-refractivity contribution in [2.45, 2.75) is 0 Å². The summed E-state index contributed by atoms with van der Waals surface area (Å²) in [6.45, 7) is 0. The van der Waals surface area contributed by atoms with Crippen LogP contribution in [0.15, 0.2) is 60.9 Å². The van der Waals surface area contributed by atoms with Crippen molar-refractivity contribution in [3.05, 3.63) is 71.4 Å². The number of fused-ring (bicyclic) bond motifs is 1. The van der Waals surface area contributed by atoms with Crippen molar-refractivity contribution in [2.24, 2.45) is 0 Å². The SMILES string of the molecule is COc1ccc(Oc2c(/C=C(/C(=O)[O-])c3ccncc3)sc3cc(OC)c(OC)cc23)cc1.[Na+]. The van der Waals surface area contributed by atoms with Crippen molar-refractivity contribution in [3.63, 3.8) is 0 Å². The summed E-state index contributed by atoms with van der Waals surface area (Å²) < 4.78 is 23.2. The molecule has 2 heterocycles. The summed E-state index contributed by atoms with van der Waals surface area (Å²) in [4.78, 5) is 16.5. The van der Waals surface area contributed by atoms with E-state index in [2.05, 4.69) is 4.98 Å². The first-order valence-electron chi connectivity index (χ1n) is 9.88. The van der Waals surface area contributed by atoms with Gasteiger partial charge in [-0.05, 0) is 54.1 Å². The van der Waals surface area contributed by atoms with Crippen molar-refractivity contribution in [2.75, 3.05) is 21.3 Å². The maximum atomic E-state index is 12.0. The van der Waals surface area contributed by atoms with Crippen LogP contribution in [0, 0.1) is 0 Å². The fourth-order valence-electron chi connectivity index (χ4n) is 3.30. The molecule has 2 aromatic heterocycles. The monoisotopic (exact) mass is 485 g/mol. The van der Waals surface area contributed by atoms with Crippen LogP contribution in [-0.2, 0) is 4.79 Å². The average molecular weight is 485 g/mol. The normalized spacial score (nSPS) is 11.0. The Balaban J connectivity index is 0.00000324. The molecule has 0 saturated carbocycles. The van der Waals surface area contributed by atoms with E-state index >= 15 is 0 Å². The molecule has 0 radical (unpaired) electrons. The van der Waals surface area contributed by atoms with Gasteiger partial charge in [0.1, 0.15) is 11.5 Å². The molecule has 34 heavy (non-hydrogen) atoms. The smallest absolute Gasteiger partial charge is 0.545 e. The first-order chi connectivity index (χ1) is 16.0. The molecule has 0 aliphatic heterocycles. The minimum absolute atomic E-state index is 0. The van der Waals surface area contributed by atoms with Crippen molar-refractivity contribution < 1.29 is 58.4 Å². The Hall–Kier alpha value is -3.04. The summed E-state index contributed by atoms with van der Waals surface area (Å²) in [6, 6.07) is 14.0. The van der Waals surface area contributed by atoms with E-state index in [-0.39, 0.29) is 35.1 Å². The standard InChI is InChI=1S/C25H21NO6S.Na/c1-29-16-4-6-17(7-5-16)32-24-19-12-20(30-2)21(31-3)14-22(19)33-23(24)13-18(25(27)28)15-8-10-26-11-9-15;/h4-14H,1-3H3,(H,27,28);/q;+1/p-1/b18-13+;. The molecule has 0 amide bonds. The third-order valence-electron chi connectivity index (χ3n) is 4.94. The summed E-state index contributed by atoms with van der Waals surface area (Å²) in [6.07, 6.45) is 4.61. The van der Waals surface area contributed by atoms with Gasteiger partial charge in [-0.2, -0.15) is 0 Å². The number of nitrogens with zero attached hydrogens (tertiary/aromatic N) is 1. The molecule has 0 saturated heterocycles. The average Bonchev–Trinajstić information content (AvgIpc) is 3.18. The molecule has 9 heteroatoms. The topological polar surface area (TPSA) is 89.9 Å². The number of carboxylic acid groups (broad SMARTS) is 1. The molecule has 168 valence electrons. The second-order valence-corrected chi connectivity index (χ2v) is 7.94. The zero-order chi connectivity index (χ0) is 23.4. The maximum absolute atomic E-state index is 12.0. The summed E-state index contributed by atoms with van der Waals surface area (Å²) in [7, 11) is 4.70. The number of hydrogen-bond acceptors (Lipinski definition) is 8. The minimum Gasteiger partial charge on any atom is -0.545 e. The van der Waals surface area contributed by atoms with Crippen LogP contribution in [0.1, 0.15) is 10.4 Å². The van der Waals surface area contributed by atoms with Gasteiger partial charge in [-0.15, -0.1) is 11.3 Å². The Morgan fingerprint density at radius 3 is 2.12 bits per heavy atom. The molecule has 0 unspecified atom stereocenters. The van der Waals surface area contributed by atoms with Gasteiger partial charge in [0.05, 0.1) is 32.2 Å². The fraction of sp³-hybridized carbons (Fsp3) is 0.120. The second kappa shape index (κ2) is 11.4. The van der Waals surface area contributed by atoms with Crippen LogP contribution in [0.4, 0.5) is 0 Å². The van der Waals surface area contributed by atoms with E-state index in [0.717, 1.165) is 10.1 Å². The molecule has 0 spiro atoms. The number of ether oxygens (including phenoxy) is 4. The van der Waals surface area contributed by atoms with Crippen molar-refractivity contribution in [1.82, 2.24) is 4.98 Å². The summed E-state index contributed by atoms with van der Waals surface area (Å²) in [5, 5.41) is 12.7. The van der Waals surface area contributed by atoms with E-state index in [1.807, 2.05) is 12.1 Å². The Bertz CT molecular complexity index is 1320. The van der Waals surface area contributed by atoms with Crippen LogP contribution >= 0.6 is 11.3 Å². The van der Waals surface area contributed by atoms with Gasteiger partial charge >= 0.3 is 29.6 Å². The molecule has 2 aromatic carbocycles. The number of benzene rings is 2. The number of hydrogen-bond donors (Lipinski definition) is 0. The summed E-state index contributed by atoms with van der Waals surface area (Å²) in [5.74, 6) is 1.55. The van der Waals surface area contributed by atoms with Gasteiger partial charge in [0.2, 0.25) is 0 Å². The van der Waals surface area contributed by atoms with Crippen LogP contribution in [0.3, 0.4) is 0 Å². The fourth-order valence-corrected chi connectivity index (χ4v) is 4.39. The van der Waals surface area contributed by atoms with Gasteiger partial charge in [-0.3, -0.25) is 4.98 Å². The number of carbonyl (C=O) groups is 1. The van der Waals surface area contributed by atoms with Gasteiger partial charge in [0, 0.05) is 34.1 Å². The Kier molecular flexibility index (Phi) is 8.57. The van der Waals surface area contributed by atoms with Crippen molar-refractivity contribution >= 4 is 39.0 Å². The van der Waals surface area contributed by atoms with Crippen molar-refractivity contribution in [1.29, 1.82) is 0 Å². The van der Waals surface area contributed by atoms with E-state index < -0.39 is 5.97 Å². The van der Waals surface area contributed by atoms with Gasteiger partial charge in [0.25, 0.3) is 0 Å². The zero-order valence-electron chi connectivity index (χ0n) is 19.2. The van der Waals surface area contributed by atoms with Gasteiger partial charge in [-0.25, -0.2) is 0 Å². The number of methoxy groups -OCH3 is 3. The molecule has 4 aromatic rings. The van der Waals surface area contributed by atoms with Gasteiger partial charge in [0.15, 0.2) is 17.2 Å². The van der Waals surface area contributed by atoms with Crippen LogP contribution in [0.5, 0.6) is 28.7 Å². The Labute approximate surface area is 222 Å². The number of aliphatic carboxylic acids is 1. The maximum Gasteiger partial charge on any atom is 1.00 e. The molecule has 0 bridgehead atoms. The Morgan fingerprint density at radius 2 is 1.53 bits per heavy atom. The molecule has 0 atom stereocenters. The van der Waals surface area contributed by atoms with Crippen LogP contribution < -0.4 is 53.6 Å². The first kappa shape index (κ1) is 25.6. The largest absolute Gasteiger partial charge is 1.00 e. The number of aromatic nitrogens is 1. The number of carbonyl (C=O) groups excluding carboxylic acids is 1. The predicted octanol–water partition coefficient (Wildman–Crippen LogP) is 1.41. The van der Waals surface area contributed by atoms with Gasteiger partial charge in [-0.1, -0.05) is 0 Å². The summed E-state index contributed by atoms with van der Waals surface area (Å²) >= 11 is 1.37. The number of rotatable bonds is 8. The van der Waals surface area contributed by atoms with E-state index in [9.17, 15) is 9.90 Å². The van der Waals surface area contributed by atoms with E-state index in [1.165, 1.54) is 23.7 Å². The number of thiophene rings is 1. The molecule has 7 nitrogen and oxygen atoms in total. The molecule has 0 N–H and O–H groups in total. The third-order valence-corrected chi connectivity index (χ3v) is 6.02. The van der Waals surface area contributed by atoms with E-state index in [4.69, 9.17) is 18.9 Å². The van der Waals surface area contributed by atoms with Crippen LogP contribution in [-0.4, -0.2) is 32.3 Å². The molecular weight excluding hydrogens is 465 g/mol.